The van der Waals surface area contributed by atoms with Gasteiger partial charge in [-0.3, -0.25) is 14.2 Å². The SMILES string of the molecule is N#Cc1cc(-n2cccn2)nc2c1nc(-c1cccnc1N)n2-c1ccc2c(c1)CC[C@@H]2NC(=O)c1ccc(O)c(C=O)c1. The van der Waals surface area contributed by atoms with Gasteiger partial charge in [-0.2, -0.15) is 10.4 Å². The molecule has 7 rings (SSSR count). The number of hydrogen-bond donors (Lipinski definition) is 3. The lowest BCUT2D eigenvalue weighted by molar-refractivity contribution is 0.0936. The van der Waals surface area contributed by atoms with Crippen LogP contribution in [0.3, 0.4) is 0 Å². The Kier molecular flexibility index (Phi) is 6.33. The predicted molar refractivity (Wildman–Crippen MR) is 160 cm³/mol. The predicted octanol–water partition coefficient (Wildman–Crippen LogP) is 4.06. The first-order valence-corrected chi connectivity index (χ1v) is 13.7. The lowest BCUT2D eigenvalue weighted by Crippen LogP contribution is -2.27. The Bertz CT molecular complexity index is 2150. The maximum Gasteiger partial charge on any atom is 0.251 e. The van der Waals surface area contributed by atoms with E-state index in [2.05, 4.69) is 21.5 Å². The Balaban J connectivity index is 1.33. The van der Waals surface area contributed by atoms with Gasteiger partial charge in [-0.05, 0) is 72.5 Å². The smallest absolute Gasteiger partial charge is 0.251 e. The number of anilines is 1. The number of nitrogens with zero attached hydrogens (tertiary/aromatic N) is 7. The standard InChI is InChI=1S/C32H23N9O3/c33-16-20-15-27(40-12-2-11-36-40)38-31-28(20)39-30(24-3-1-10-35-29(24)34)41(31)22-6-7-23-18(14-22)4-8-25(23)37-32(44)19-5-9-26(43)21(13-19)17-42/h1-3,5-7,9-15,17,25,43H,4,8H2,(H2,34,35)(H,37,44)/t25-/m0/s1. The quantitative estimate of drug-likeness (QED) is 0.245. The highest BCUT2D eigenvalue weighted by molar-refractivity contribution is 5.97. The van der Waals surface area contributed by atoms with Gasteiger partial charge in [0.1, 0.15) is 23.2 Å². The molecule has 1 aliphatic rings. The molecule has 0 saturated heterocycles. The number of hydrogen-bond acceptors (Lipinski definition) is 9. The van der Waals surface area contributed by atoms with Crippen molar-refractivity contribution in [3.63, 3.8) is 0 Å². The molecule has 1 aliphatic carbocycles. The summed E-state index contributed by atoms with van der Waals surface area (Å²) in [6.45, 7) is 0. The maximum absolute atomic E-state index is 13.0. The highest BCUT2D eigenvalue weighted by Gasteiger charge is 2.27. The zero-order chi connectivity index (χ0) is 30.4. The van der Waals surface area contributed by atoms with Crippen molar-refractivity contribution >= 4 is 29.2 Å². The van der Waals surface area contributed by atoms with Crippen molar-refractivity contribution in [3.05, 3.63) is 107 Å². The van der Waals surface area contributed by atoms with Gasteiger partial charge in [0.25, 0.3) is 5.91 Å². The van der Waals surface area contributed by atoms with Crippen LogP contribution in [0.15, 0.2) is 79.3 Å². The van der Waals surface area contributed by atoms with Crippen molar-refractivity contribution in [1.82, 2.24) is 34.6 Å². The number of aryl methyl sites for hydroxylation is 1. The van der Waals surface area contributed by atoms with Crippen LogP contribution < -0.4 is 11.1 Å². The Morgan fingerprint density at radius 1 is 1.11 bits per heavy atom. The number of amides is 1. The number of nitrogens with one attached hydrogen (secondary N) is 1. The second-order valence-electron chi connectivity index (χ2n) is 10.3. The molecule has 2 aromatic carbocycles. The molecule has 1 atom stereocenters. The second-order valence-corrected chi connectivity index (χ2v) is 10.3. The van der Waals surface area contributed by atoms with Crippen LogP contribution in [0.4, 0.5) is 5.82 Å². The molecule has 4 heterocycles. The minimum absolute atomic E-state index is 0.0515. The Morgan fingerprint density at radius 2 is 2.00 bits per heavy atom. The molecule has 214 valence electrons. The lowest BCUT2D eigenvalue weighted by atomic mass is 10.1. The molecular weight excluding hydrogens is 558 g/mol. The van der Waals surface area contributed by atoms with Crippen LogP contribution in [0.2, 0.25) is 0 Å². The van der Waals surface area contributed by atoms with Crippen molar-refractivity contribution in [3.8, 4) is 34.7 Å². The molecule has 1 amide bonds. The van der Waals surface area contributed by atoms with Gasteiger partial charge in [-0.25, -0.2) is 19.6 Å². The van der Waals surface area contributed by atoms with Crippen molar-refractivity contribution in [2.24, 2.45) is 0 Å². The zero-order valence-corrected chi connectivity index (χ0v) is 23.0. The van der Waals surface area contributed by atoms with E-state index in [1.807, 2.05) is 28.8 Å². The highest BCUT2D eigenvalue weighted by Crippen LogP contribution is 2.36. The van der Waals surface area contributed by atoms with Crippen LogP contribution >= 0.6 is 0 Å². The van der Waals surface area contributed by atoms with Gasteiger partial charge in [-0.1, -0.05) is 6.07 Å². The number of aromatic hydroxyl groups is 1. The third-order valence-electron chi connectivity index (χ3n) is 7.73. The Labute approximate surface area is 250 Å². The first-order valence-electron chi connectivity index (χ1n) is 13.7. The highest BCUT2D eigenvalue weighted by atomic mass is 16.3. The third-order valence-corrected chi connectivity index (χ3v) is 7.73. The van der Waals surface area contributed by atoms with Crippen LogP contribution in [-0.2, 0) is 6.42 Å². The summed E-state index contributed by atoms with van der Waals surface area (Å²) in [7, 11) is 0. The first-order chi connectivity index (χ1) is 21.4. The second kappa shape index (κ2) is 10.5. The minimum Gasteiger partial charge on any atom is -0.507 e. The summed E-state index contributed by atoms with van der Waals surface area (Å²) >= 11 is 0. The minimum atomic E-state index is -0.343. The average Bonchev–Trinajstić information content (AvgIpc) is 3.80. The van der Waals surface area contributed by atoms with E-state index in [9.17, 15) is 20.0 Å². The number of aldehydes is 1. The summed E-state index contributed by atoms with van der Waals surface area (Å²) in [4.78, 5) is 38.2. The number of benzene rings is 2. The van der Waals surface area contributed by atoms with E-state index in [1.54, 1.807) is 41.5 Å². The number of nitrogen functional groups attached to an aromatic ring is 1. The van der Waals surface area contributed by atoms with Gasteiger partial charge < -0.3 is 16.2 Å². The van der Waals surface area contributed by atoms with E-state index in [4.69, 9.17) is 15.7 Å². The lowest BCUT2D eigenvalue weighted by Gasteiger charge is -2.16. The van der Waals surface area contributed by atoms with Crippen LogP contribution in [0, 0.1) is 11.3 Å². The topological polar surface area (TPSA) is 178 Å². The van der Waals surface area contributed by atoms with Crippen molar-refractivity contribution in [1.29, 1.82) is 5.26 Å². The van der Waals surface area contributed by atoms with E-state index in [0.717, 1.165) is 16.8 Å². The summed E-state index contributed by atoms with van der Waals surface area (Å²) in [5.74, 6) is 0.702. The summed E-state index contributed by atoms with van der Waals surface area (Å²) in [6, 6.07) is 19.1. The number of rotatable bonds is 6. The number of carbonyl (C=O) groups excluding carboxylic acids is 2. The van der Waals surface area contributed by atoms with Gasteiger partial charge in [0.2, 0.25) is 0 Å². The zero-order valence-electron chi connectivity index (χ0n) is 23.0. The Morgan fingerprint density at radius 3 is 2.77 bits per heavy atom. The van der Waals surface area contributed by atoms with Gasteiger partial charge in [-0.15, -0.1) is 0 Å². The monoisotopic (exact) mass is 581 g/mol. The normalized spacial score (nSPS) is 13.8. The number of fused-ring (bicyclic) bond motifs is 2. The van der Waals surface area contributed by atoms with Crippen molar-refractivity contribution in [2.75, 3.05) is 5.73 Å². The number of pyridine rings is 2. The van der Waals surface area contributed by atoms with Crippen LogP contribution in [0.1, 0.15) is 49.9 Å². The summed E-state index contributed by atoms with van der Waals surface area (Å²) < 4.78 is 3.44. The molecule has 4 N–H and O–H groups in total. The molecule has 0 bridgehead atoms. The third kappa shape index (κ3) is 4.40. The molecule has 6 aromatic rings. The molecule has 0 spiro atoms. The molecule has 44 heavy (non-hydrogen) atoms. The molecule has 4 aromatic heterocycles. The number of phenolic OH excluding ortho intramolecular Hbond substituents is 1. The molecule has 0 fully saturated rings. The molecule has 0 unspecified atom stereocenters. The molecule has 12 heteroatoms. The van der Waals surface area contributed by atoms with Crippen molar-refractivity contribution < 1.29 is 14.7 Å². The van der Waals surface area contributed by atoms with Gasteiger partial charge in [0.05, 0.1) is 22.7 Å². The fraction of sp³-hybridized carbons (Fsp3) is 0.0938. The van der Waals surface area contributed by atoms with Gasteiger partial charge >= 0.3 is 0 Å². The van der Waals surface area contributed by atoms with E-state index >= 15 is 0 Å². The van der Waals surface area contributed by atoms with Crippen LogP contribution in [-0.4, -0.2) is 46.6 Å². The van der Waals surface area contributed by atoms with Crippen LogP contribution in [0.25, 0.3) is 34.1 Å². The van der Waals surface area contributed by atoms with Gasteiger partial charge in [0, 0.05) is 35.9 Å². The van der Waals surface area contributed by atoms with E-state index in [-0.39, 0.29) is 34.6 Å². The number of nitriles is 1. The number of nitrogens with two attached hydrogens (primary N) is 1. The maximum atomic E-state index is 13.0. The number of aromatic nitrogens is 6. The van der Waals surface area contributed by atoms with E-state index in [1.165, 1.54) is 18.2 Å². The van der Waals surface area contributed by atoms with Crippen LogP contribution in [0.5, 0.6) is 5.75 Å². The fourth-order valence-corrected chi connectivity index (χ4v) is 5.60. The molecule has 0 aliphatic heterocycles. The number of imidazole rings is 1. The molecule has 0 saturated carbocycles. The number of carbonyl (C=O) groups is 2. The molecule has 0 radical (unpaired) electrons. The molecule has 12 nitrogen and oxygen atoms in total. The largest absolute Gasteiger partial charge is 0.507 e. The fourth-order valence-electron chi connectivity index (χ4n) is 5.60. The summed E-state index contributed by atoms with van der Waals surface area (Å²) in [6.07, 6.45) is 6.88. The Hall–Kier alpha value is -6.35. The number of phenols is 1. The van der Waals surface area contributed by atoms with Gasteiger partial charge in [0.15, 0.2) is 23.6 Å². The average molecular weight is 582 g/mol. The first kappa shape index (κ1) is 26.5. The molecular formula is C32H23N9O3. The van der Waals surface area contributed by atoms with E-state index in [0.29, 0.717) is 53.1 Å². The van der Waals surface area contributed by atoms with E-state index < -0.39 is 0 Å². The summed E-state index contributed by atoms with van der Waals surface area (Å²) in [5, 5.41) is 27.2. The van der Waals surface area contributed by atoms with Crippen molar-refractivity contribution in [2.45, 2.75) is 18.9 Å². The summed E-state index contributed by atoms with van der Waals surface area (Å²) in [5.41, 5.74) is 11.2.